The molecule has 1 fully saturated rings. The quantitative estimate of drug-likeness (QED) is 0.898. The number of nitrogen functional groups attached to an aromatic ring is 1. The van der Waals surface area contributed by atoms with Crippen LogP contribution in [0.1, 0.15) is 37.2 Å². The van der Waals surface area contributed by atoms with Crippen molar-refractivity contribution in [2.45, 2.75) is 39.3 Å². The molecule has 112 valence electrons. The second-order valence-corrected chi connectivity index (χ2v) is 5.47. The summed E-state index contributed by atoms with van der Waals surface area (Å²) < 4.78 is 1.72. The van der Waals surface area contributed by atoms with Crippen LogP contribution in [0.25, 0.3) is 0 Å². The van der Waals surface area contributed by atoms with Crippen molar-refractivity contribution in [2.75, 3.05) is 32.4 Å². The Morgan fingerprint density at radius 3 is 2.80 bits per heavy atom. The zero-order valence-corrected chi connectivity index (χ0v) is 12.7. The van der Waals surface area contributed by atoms with E-state index < -0.39 is 0 Å². The minimum Gasteiger partial charge on any atom is -0.396 e. The van der Waals surface area contributed by atoms with Gasteiger partial charge in [0.1, 0.15) is 0 Å². The van der Waals surface area contributed by atoms with E-state index in [-0.39, 0.29) is 11.9 Å². The van der Waals surface area contributed by atoms with Gasteiger partial charge in [0.05, 0.1) is 5.69 Å². The fourth-order valence-corrected chi connectivity index (χ4v) is 2.76. The highest BCUT2D eigenvalue weighted by atomic mass is 16.2. The van der Waals surface area contributed by atoms with Crippen LogP contribution in [0.5, 0.6) is 0 Å². The topological polar surface area (TPSA) is 67.4 Å². The molecule has 0 saturated carbocycles. The number of carbonyl (C=O) groups is 1. The number of aromatic nitrogens is 2. The lowest BCUT2D eigenvalue weighted by Gasteiger charge is -2.29. The largest absolute Gasteiger partial charge is 0.396 e. The number of anilines is 1. The number of carbonyl (C=O) groups excluding carboxylic acids is 1. The molecule has 2 N–H and O–H groups in total. The molecule has 0 radical (unpaired) electrons. The van der Waals surface area contributed by atoms with Crippen LogP contribution in [0.15, 0.2) is 6.20 Å². The number of hydrogen-bond acceptors (Lipinski definition) is 4. The van der Waals surface area contributed by atoms with Crippen LogP contribution in [0.2, 0.25) is 0 Å². The van der Waals surface area contributed by atoms with Crippen LogP contribution in [-0.4, -0.2) is 58.2 Å². The molecule has 1 saturated heterocycles. The van der Waals surface area contributed by atoms with Crippen LogP contribution in [0.3, 0.4) is 0 Å². The summed E-state index contributed by atoms with van der Waals surface area (Å²) in [6, 6.07) is 0.237. The average molecular weight is 279 g/mol. The molecule has 2 rings (SSSR count). The van der Waals surface area contributed by atoms with E-state index in [9.17, 15) is 4.79 Å². The highest BCUT2D eigenvalue weighted by molar-refractivity contribution is 5.97. The number of hydrogen-bond donors (Lipinski definition) is 1. The molecule has 1 aliphatic heterocycles. The van der Waals surface area contributed by atoms with Gasteiger partial charge in [-0.05, 0) is 33.4 Å². The van der Waals surface area contributed by atoms with Gasteiger partial charge in [0, 0.05) is 31.9 Å². The normalized spacial score (nSPS) is 20.9. The maximum absolute atomic E-state index is 12.7. The van der Waals surface area contributed by atoms with Crippen molar-refractivity contribution < 1.29 is 4.79 Å². The van der Waals surface area contributed by atoms with Gasteiger partial charge in [0.25, 0.3) is 5.91 Å². The van der Waals surface area contributed by atoms with Crippen molar-refractivity contribution in [3.63, 3.8) is 0 Å². The molecule has 0 spiro atoms. The highest BCUT2D eigenvalue weighted by Crippen LogP contribution is 2.18. The second kappa shape index (κ2) is 6.26. The van der Waals surface area contributed by atoms with Gasteiger partial charge in [0.15, 0.2) is 5.69 Å². The highest BCUT2D eigenvalue weighted by Gasteiger charge is 2.29. The lowest BCUT2D eigenvalue weighted by Crippen LogP contribution is -2.43. The molecule has 0 bridgehead atoms. The van der Waals surface area contributed by atoms with Crippen molar-refractivity contribution in [3.05, 3.63) is 11.9 Å². The first-order valence-corrected chi connectivity index (χ1v) is 7.39. The first kappa shape index (κ1) is 14.8. The van der Waals surface area contributed by atoms with Crippen LogP contribution in [0.4, 0.5) is 5.69 Å². The van der Waals surface area contributed by atoms with E-state index in [1.54, 1.807) is 10.9 Å². The van der Waals surface area contributed by atoms with Crippen LogP contribution >= 0.6 is 0 Å². The smallest absolute Gasteiger partial charge is 0.276 e. The SMILES string of the molecule is CCC1CN(C)CCCN1C(=O)c1nn(CC)cc1N. The van der Waals surface area contributed by atoms with Crippen molar-refractivity contribution in [3.8, 4) is 0 Å². The molecule has 0 aromatic carbocycles. The van der Waals surface area contributed by atoms with Gasteiger partial charge in [-0.25, -0.2) is 0 Å². The predicted molar refractivity (Wildman–Crippen MR) is 79.5 cm³/mol. The zero-order valence-electron chi connectivity index (χ0n) is 12.7. The number of aryl methyl sites for hydroxylation is 1. The summed E-state index contributed by atoms with van der Waals surface area (Å²) in [5.74, 6) is -0.0307. The second-order valence-electron chi connectivity index (χ2n) is 5.47. The number of amides is 1. The van der Waals surface area contributed by atoms with E-state index in [1.165, 1.54) is 0 Å². The molecular formula is C14H25N5O. The summed E-state index contributed by atoms with van der Waals surface area (Å²) >= 11 is 0. The van der Waals surface area contributed by atoms with E-state index >= 15 is 0 Å². The van der Waals surface area contributed by atoms with Gasteiger partial charge < -0.3 is 15.5 Å². The first-order valence-electron chi connectivity index (χ1n) is 7.39. The third-order valence-corrected chi connectivity index (χ3v) is 3.95. The van der Waals surface area contributed by atoms with E-state index in [0.29, 0.717) is 11.4 Å². The Morgan fingerprint density at radius 2 is 2.20 bits per heavy atom. The molecule has 0 aliphatic carbocycles. The molecule has 1 unspecified atom stereocenters. The van der Waals surface area contributed by atoms with Crippen molar-refractivity contribution in [1.29, 1.82) is 0 Å². The Bertz CT molecular complexity index is 470. The van der Waals surface area contributed by atoms with Crippen molar-refractivity contribution in [1.82, 2.24) is 19.6 Å². The minimum atomic E-state index is -0.0307. The average Bonchev–Trinajstić information content (AvgIpc) is 2.70. The molecule has 20 heavy (non-hydrogen) atoms. The van der Waals surface area contributed by atoms with Gasteiger partial charge in [-0.1, -0.05) is 6.92 Å². The summed E-state index contributed by atoms with van der Waals surface area (Å²) in [7, 11) is 2.11. The Labute approximate surface area is 120 Å². The van der Waals surface area contributed by atoms with Crippen molar-refractivity contribution in [2.24, 2.45) is 0 Å². The predicted octanol–water partition coefficient (Wildman–Crippen LogP) is 1.04. The zero-order chi connectivity index (χ0) is 14.7. The van der Waals surface area contributed by atoms with Gasteiger partial charge in [-0.15, -0.1) is 0 Å². The molecule has 1 aromatic heterocycles. The van der Waals surface area contributed by atoms with E-state index in [1.807, 2.05) is 11.8 Å². The lowest BCUT2D eigenvalue weighted by atomic mass is 10.1. The minimum absolute atomic E-state index is 0.0307. The van der Waals surface area contributed by atoms with Gasteiger partial charge in [0.2, 0.25) is 0 Å². The van der Waals surface area contributed by atoms with E-state index in [4.69, 9.17) is 5.73 Å². The Morgan fingerprint density at radius 1 is 1.45 bits per heavy atom. The standard InChI is InChI=1S/C14H25N5O/c1-4-11-9-17(3)7-6-8-19(11)14(20)13-12(15)10-18(5-2)16-13/h10-11H,4-9,15H2,1-3H3. The summed E-state index contributed by atoms with van der Waals surface area (Å²) in [5.41, 5.74) is 6.81. The van der Waals surface area contributed by atoms with Crippen LogP contribution in [-0.2, 0) is 6.54 Å². The number of likely N-dealkylation sites (N-methyl/N-ethyl adjacent to an activating group) is 1. The first-order chi connectivity index (χ1) is 9.56. The molecule has 6 heteroatoms. The molecule has 1 amide bonds. The Balaban J connectivity index is 2.23. The van der Waals surface area contributed by atoms with Crippen LogP contribution in [0, 0.1) is 0 Å². The van der Waals surface area contributed by atoms with Crippen LogP contribution < -0.4 is 5.73 Å². The van der Waals surface area contributed by atoms with E-state index in [2.05, 4.69) is 24.0 Å². The summed E-state index contributed by atoms with van der Waals surface area (Å²) in [4.78, 5) is 17.0. The number of nitrogens with zero attached hydrogens (tertiary/aromatic N) is 4. The van der Waals surface area contributed by atoms with Gasteiger partial charge >= 0.3 is 0 Å². The van der Waals surface area contributed by atoms with Gasteiger partial charge in [-0.2, -0.15) is 5.10 Å². The molecule has 1 aliphatic rings. The summed E-state index contributed by atoms with van der Waals surface area (Å²) in [6.07, 6.45) is 3.68. The molecule has 2 heterocycles. The third kappa shape index (κ3) is 2.95. The summed E-state index contributed by atoms with van der Waals surface area (Å²) in [6.45, 7) is 7.54. The summed E-state index contributed by atoms with van der Waals surface area (Å²) in [5, 5.41) is 4.31. The van der Waals surface area contributed by atoms with E-state index in [0.717, 1.165) is 39.0 Å². The number of rotatable bonds is 3. The fraction of sp³-hybridized carbons (Fsp3) is 0.714. The maximum Gasteiger partial charge on any atom is 0.276 e. The molecule has 1 atom stereocenters. The molecule has 1 aromatic rings. The number of nitrogens with two attached hydrogens (primary N) is 1. The van der Waals surface area contributed by atoms with Gasteiger partial charge in [-0.3, -0.25) is 9.48 Å². The Kier molecular flexibility index (Phi) is 4.65. The van der Waals surface area contributed by atoms with Crippen molar-refractivity contribution >= 4 is 11.6 Å². The fourth-order valence-electron chi connectivity index (χ4n) is 2.76. The monoisotopic (exact) mass is 279 g/mol. The molecular weight excluding hydrogens is 254 g/mol. The third-order valence-electron chi connectivity index (χ3n) is 3.95. The molecule has 6 nitrogen and oxygen atoms in total. The maximum atomic E-state index is 12.7. The Hall–Kier alpha value is -1.56. The lowest BCUT2D eigenvalue weighted by molar-refractivity contribution is 0.0670.